The molecule has 0 aliphatic rings. The minimum atomic E-state index is -0.348. The van der Waals surface area contributed by atoms with E-state index in [2.05, 4.69) is 6.58 Å². The number of aromatic nitrogens is 2. The highest BCUT2D eigenvalue weighted by atomic mass is 16.2. The molecule has 0 amide bonds. The second-order valence-electron chi connectivity index (χ2n) is 4.04. The van der Waals surface area contributed by atoms with E-state index in [-0.39, 0.29) is 11.2 Å². The van der Waals surface area contributed by atoms with Crippen molar-refractivity contribution in [2.75, 3.05) is 0 Å². The molecule has 1 heterocycles. The topological polar surface area (TPSA) is 44.0 Å². The number of aryl methyl sites for hydroxylation is 1. The standard InChI is InChI=1S/C14H14N2O2/c1-3-4-11-5-7-12(8-6-11)16-13(17)9-10-15(2)14(16)18/h3,5-10H,1,4H2,2H3. The lowest BCUT2D eigenvalue weighted by Gasteiger charge is -2.07. The van der Waals surface area contributed by atoms with Gasteiger partial charge in [0.05, 0.1) is 5.69 Å². The highest BCUT2D eigenvalue weighted by Crippen LogP contribution is 2.07. The summed E-state index contributed by atoms with van der Waals surface area (Å²) in [5.41, 5.74) is 0.997. The van der Waals surface area contributed by atoms with Crippen molar-refractivity contribution in [3.8, 4) is 5.69 Å². The maximum atomic E-state index is 11.9. The van der Waals surface area contributed by atoms with Crippen molar-refractivity contribution in [1.82, 2.24) is 9.13 Å². The van der Waals surface area contributed by atoms with E-state index in [1.807, 2.05) is 18.2 Å². The van der Waals surface area contributed by atoms with Crippen LogP contribution in [0.25, 0.3) is 5.69 Å². The molecule has 0 aliphatic heterocycles. The first-order valence-electron chi connectivity index (χ1n) is 5.62. The highest BCUT2D eigenvalue weighted by Gasteiger charge is 2.05. The summed E-state index contributed by atoms with van der Waals surface area (Å²) in [6.45, 7) is 3.67. The minimum Gasteiger partial charge on any atom is -0.303 e. The molecule has 0 unspecified atom stereocenters. The molecule has 18 heavy (non-hydrogen) atoms. The van der Waals surface area contributed by atoms with Gasteiger partial charge in [-0.15, -0.1) is 6.58 Å². The minimum absolute atomic E-state index is 0.324. The quantitative estimate of drug-likeness (QED) is 0.761. The number of hydrogen-bond donors (Lipinski definition) is 0. The summed E-state index contributed by atoms with van der Waals surface area (Å²) in [6, 6.07) is 8.67. The molecule has 1 aromatic heterocycles. The Kier molecular flexibility index (Phi) is 3.28. The lowest BCUT2D eigenvalue weighted by atomic mass is 10.1. The number of hydrogen-bond acceptors (Lipinski definition) is 2. The molecule has 0 saturated heterocycles. The average Bonchev–Trinajstić information content (AvgIpc) is 2.37. The molecule has 0 spiro atoms. The first kappa shape index (κ1) is 12.1. The van der Waals surface area contributed by atoms with Crippen LogP contribution in [0.15, 0.2) is 58.8 Å². The van der Waals surface area contributed by atoms with Gasteiger partial charge in [-0.1, -0.05) is 18.2 Å². The Bertz CT molecular complexity index is 678. The summed E-state index contributed by atoms with van der Waals surface area (Å²) in [7, 11) is 1.62. The molecular formula is C14H14N2O2. The molecule has 92 valence electrons. The van der Waals surface area contributed by atoms with Gasteiger partial charge in [0, 0.05) is 19.3 Å². The summed E-state index contributed by atoms with van der Waals surface area (Å²) in [6.07, 6.45) is 4.04. The maximum absolute atomic E-state index is 11.9. The monoisotopic (exact) mass is 242 g/mol. The van der Waals surface area contributed by atoms with Gasteiger partial charge in [-0.25, -0.2) is 9.36 Å². The van der Waals surface area contributed by atoms with Crippen LogP contribution in [-0.2, 0) is 13.5 Å². The van der Waals surface area contributed by atoms with Crippen LogP contribution in [0.2, 0.25) is 0 Å². The third kappa shape index (κ3) is 2.18. The van der Waals surface area contributed by atoms with Gasteiger partial charge in [0.1, 0.15) is 0 Å². The molecule has 0 radical (unpaired) electrons. The third-order valence-corrected chi connectivity index (χ3v) is 2.73. The number of nitrogens with zero attached hydrogens (tertiary/aromatic N) is 2. The molecule has 4 nitrogen and oxygen atoms in total. The van der Waals surface area contributed by atoms with E-state index in [0.717, 1.165) is 16.6 Å². The summed E-state index contributed by atoms with van der Waals surface area (Å²) in [4.78, 5) is 23.6. The summed E-state index contributed by atoms with van der Waals surface area (Å²) in [5, 5.41) is 0. The first-order chi connectivity index (χ1) is 8.63. The van der Waals surface area contributed by atoms with Crippen LogP contribution in [0.3, 0.4) is 0 Å². The van der Waals surface area contributed by atoms with Crippen LogP contribution in [0.4, 0.5) is 0 Å². The molecule has 0 aliphatic carbocycles. The molecule has 0 saturated carbocycles. The van der Waals surface area contributed by atoms with Gasteiger partial charge in [0.15, 0.2) is 0 Å². The van der Waals surface area contributed by atoms with Crippen molar-refractivity contribution in [3.05, 3.63) is 75.6 Å². The fraction of sp³-hybridized carbons (Fsp3) is 0.143. The Morgan fingerprint density at radius 3 is 2.44 bits per heavy atom. The molecule has 0 atom stereocenters. The van der Waals surface area contributed by atoms with Gasteiger partial charge in [-0.3, -0.25) is 4.79 Å². The van der Waals surface area contributed by atoms with Crippen LogP contribution >= 0.6 is 0 Å². The van der Waals surface area contributed by atoms with Gasteiger partial charge in [0.25, 0.3) is 5.56 Å². The Labute approximate surface area is 104 Å². The molecule has 4 heteroatoms. The Morgan fingerprint density at radius 1 is 1.17 bits per heavy atom. The predicted molar refractivity (Wildman–Crippen MR) is 71.2 cm³/mol. The summed E-state index contributed by atoms with van der Waals surface area (Å²) >= 11 is 0. The van der Waals surface area contributed by atoms with Crippen LogP contribution in [-0.4, -0.2) is 9.13 Å². The molecule has 0 N–H and O–H groups in total. The molecule has 2 aromatic rings. The number of rotatable bonds is 3. The molecular weight excluding hydrogens is 228 g/mol. The molecule has 0 bridgehead atoms. The summed E-state index contributed by atoms with van der Waals surface area (Å²) < 4.78 is 2.52. The fourth-order valence-corrected chi connectivity index (χ4v) is 1.75. The van der Waals surface area contributed by atoms with Gasteiger partial charge in [-0.05, 0) is 24.1 Å². The van der Waals surface area contributed by atoms with E-state index < -0.39 is 0 Å². The second-order valence-corrected chi connectivity index (χ2v) is 4.04. The van der Waals surface area contributed by atoms with E-state index in [0.29, 0.717) is 5.69 Å². The Balaban J connectivity index is 2.56. The molecule has 0 fully saturated rings. The fourth-order valence-electron chi connectivity index (χ4n) is 1.75. The third-order valence-electron chi connectivity index (χ3n) is 2.73. The van der Waals surface area contributed by atoms with Crippen molar-refractivity contribution in [1.29, 1.82) is 0 Å². The number of allylic oxidation sites excluding steroid dienone is 1. The normalized spacial score (nSPS) is 10.3. The van der Waals surface area contributed by atoms with Gasteiger partial charge >= 0.3 is 5.69 Å². The van der Waals surface area contributed by atoms with Crippen molar-refractivity contribution in [2.24, 2.45) is 7.05 Å². The zero-order chi connectivity index (χ0) is 13.1. The lowest BCUT2D eigenvalue weighted by molar-refractivity contribution is 0.738. The SMILES string of the molecule is C=CCc1ccc(-n2c(=O)ccn(C)c2=O)cc1. The van der Waals surface area contributed by atoms with Crippen LogP contribution in [0.5, 0.6) is 0 Å². The summed E-state index contributed by atoms with van der Waals surface area (Å²) in [5.74, 6) is 0. The lowest BCUT2D eigenvalue weighted by Crippen LogP contribution is -2.36. The average molecular weight is 242 g/mol. The van der Waals surface area contributed by atoms with Crippen molar-refractivity contribution >= 4 is 0 Å². The number of benzene rings is 1. The van der Waals surface area contributed by atoms with E-state index in [9.17, 15) is 9.59 Å². The van der Waals surface area contributed by atoms with E-state index in [4.69, 9.17) is 0 Å². The van der Waals surface area contributed by atoms with Gasteiger partial charge < -0.3 is 4.57 Å². The predicted octanol–water partition coefficient (Wildman–Crippen LogP) is 1.26. The molecule has 1 aromatic carbocycles. The van der Waals surface area contributed by atoms with Crippen molar-refractivity contribution in [3.63, 3.8) is 0 Å². The van der Waals surface area contributed by atoms with E-state index in [1.165, 1.54) is 16.8 Å². The van der Waals surface area contributed by atoms with Crippen LogP contribution < -0.4 is 11.2 Å². The van der Waals surface area contributed by atoms with Crippen LogP contribution in [0.1, 0.15) is 5.56 Å². The largest absolute Gasteiger partial charge is 0.335 e. The second kappa shape index (κ2) is 4.87. The Hall–Kier alpha value is -2.36. The van der Waals surface area contributed by atoms with E-state index in [1.54, 1.807) is 19.2 Å². The van der Waals surface area contributed by atoms with E-state index >= 15 is 0 Å². The maximum Gasteiger partial charge on any atom is 0.335 e. The zero-order valence-electron chi connectivity index (χ0n) is 10.2. The van der Waals surface area contributed by atoms with Gasteiger partial charge in [-0.2, -0.15) is 0 Å². The van der Waals surface area contributed by atoms with Crippen LogP contribution in [0, 0.1) is 0 Å². The highest BCUT2D eigenvalue weighted by molar-refractivity contribution is 5.35. The van der Waals surface area contributed by atoms with Crippen molar-refractivity contribution in [2.45, 2.75) is 6.42 Å². The Morgan fingerprint density at radius 2 is 1.83 bits per heavy atom. The molecule has 2 rings (SSSR count). The smallest absolute Gasteiger partial charge is 0.303 e. The van der Waals surface area contributed by atoms with Gasteiger partial charge in [0.2, 0.25) is 0 Å². The zero-order valence-corrected chi connectivity index (χ0v) is 10.2. The van der Waals surface area contributed by atoms with Crippen molar-refractivity contribution < 1.29 is 0 Å². The first-order valence-corrected chi connectivity index (χ1v) is 5.62.